The highest BCUT2D eigenvalue weighted by molar-refractivity contribution is 9.11. The van der Waals surface area contributed by atoms with Gasteiger partial charge in [-0.1, -0.05) is 30.3 Å². The van der Waals surface area contributed by atoms with Gasteiger partial charge in [-0.05, 0) is 50.0 Å². The number of thiophene rings is 1. The third-order valence-corrected chi connectivity index (χ3v) is 4.63. The molecule has 0 bridgehead atoms. The predicted octanol–water partition coefficient (Wildman–Crippen LogP) is 4.88. The van der Waals surface area contributed by atoms with Crippen LogP contribution in [0.2, 0.25) is 0 Å². The lowest BCUT2D eigenvalue weighted by Gasteiger charge is -2.13. The highest BCUT2D eigenvalue weighted by Gasteiger charge is 2.16. The fourth-order valence-electron chi connectivity index (χ4n) is 2.17. The molecule has 0 radical (unpaired) electrons. The van der Waals surface area contributed by atoms with Crippen LogP contribution in [0.5, 0.6) is 0 Å². The minimum Gasteiger partial charge on any atom is -0.384 e. The molecule has 19 heavy (non-hydrogen) atoms. The molecule has 0 aliphatic carbocycles. The van der Waals surface area contributed by atoms with Gasteiger partial charge in [0.1, 0.15) is 11.9 Å². The average molecular weight is 337 g/mol. The second-order valence-corrected chi connectivity index (χ2v) is 6.56. The van der Waals surface area contributed by atoms with E-state index >= 15 is 0 Å². The summed E-state index contributed by atoms with van der Waals surface area (Å²) >= 11 is 4.90. The monoisotopic (exact) mass is 336 g/mol. The van der Waals surface area contributed by atoms with Crippen molar-refractivity contribution in [2.24, 2.45) is 0 Å². The van der Waals surface area contributed by atoms with Crippen molar-refractivity contribution in [2.75, 3.05) is 0 Å². The maximum atomic E-state index is 13.7. The number of aliphatic hydroxyl groups is 1. The lowest BCUT2D eigenvalue weighted by Crippen LogP contribution is -1.99. The van der Waals surface area contributed by atoms with Gasteiger partial charge in [0.25, 0.3) is 0 Å². The Bertz CT molecular complexity index is 738. The fourth-order valence-corrected chi connectivity index (χ4v) is 3.36. The van der Waals surface area contributed by atoms with Crippen LogP contribution in [0.25, 0.3) is 10.8 Å². The molecule has 1 heterocycles. The number of rotatable bonds is 2. The Kier molecular flexibility index (Phi) is 3.39. The number of aliphatic hydroxyl groups excluding tert-OH is 1. The molecule has 1 nitrogen and oxygen atoms in total. The van der Waals surface area contributed by atoms with E-state index in [1.54, 1.807) is 18.2 Å². The zero-order chi connectivity index (χ0) is 13.4. The van der Waals surface area contributed by atoms with Crippen LogP contribution in [0.15, 0.2) is 51.6 Å². The molecule has 0 spiro atoms. The van der Waals surface area contributed by atoms with E-state index in [-0.39, 0.29) is 5.82 Å². The van der Waals surface area contributed by atoms with E-state index in [2.05, 4.69) is 15.9 Å². The molecular formula is C15H10BrFOS. The van der Waals surface area contributed by atoms with E-state index in [1.165, 1.54) is 17.4 Å². The first-order valence-corrected chi connectivity index (χ1v) is 7.43. The molecule has 0 amide bonds. The molecule has 1 unspecified atom stereocenters. The zero-order valence-electron chi connectivity index (χ0n) is 9.81. The first-order chi connectivity index (χ1) is 9.16. The summed E-state index contributed by atoms with van der Waals surface area (Å²) in [4.78, 5) is 0. The maximum Gasteiger partial charge on any atom is 0.131 e. The summed E-state index contributed by atoms with van der Waals surface area (Å²) in [5, 5.41) is 13.6. The van der Waals surface area contributed by atoms with Gasteiger partial charge < -0.3 is 5.11 Å². The van der Waals surface area contributed by atoms with Crippen LogP contribution in [-0.4, -0.2) is 5.11 Å². The maximum absolute atomic E-state index is 13.7. The minimum absolute atomic E-state index is 0.266. The Balaban J connectivity index is 2.18. The molecule has 1 N–H and O–H groups in total. The Morgan fingerprint density at radius 1 is 1.11 bits per heavy atom. The Morgan fingerprint density at radius 2 is 1.84 bits per heavy atom. The predicted molar refractivity (Wildman–Crippen MR) is 80.0 cm³/mol. The third-order valence-electron chi connectivity index (χ3n) is 3.10. The van der Waals surface area contributed by atoms with Gasteiger partial charge in [0, 0.05) is 5.39 Å². The molecule has 1 atom stereocenters. The van der Waals surface area contributed by atoms with Crippen LogP contribution in [0, 0.1) is 5.82 Å². The second-order valence-electron chi connectivity index (χ2n) is 4.27. The van der Waals surface area contributed by atoms with Crippen LogP contribution in [-0.2, 0) is 0 Å². The van der Waals surface area contributed by atoms with Crippen molar-refractivity contribution >= 4 is 38.0 Å². The van der Waals surface area contributed by atoms with E-state index in [9.17, 15) is 9.50 Å². The molecule has 0 saturated carbocycles. The summed E-state index contributed by atoms with van der Waals surface area (Å²) < 4.78 is 14.7. The van der Waals surface area contributed by atoms with Crippen molar-refractivity contribution < 1.29 is 9.50 Å². The normalized spacial score (nSPS) is 12.8. The summed E-state index contributed by atoms with van der Waals surface area (Å²) in [5.74, 6) is -0.266. The molecule has 4 heteroatoms. The van der Waals surface area contributed by atoms with Gasteiger partial charge in [0.15, 0.2) is 0 Å². The lowest BCUT2D eigenvalue weighted by molar-refractivity contribution is 0.222. The number of hydrogen-bond donors (Lipinski definition) is 1. The van der Waals surface area contributed by atoms with Crippen LogP contribution >= 0.6 is 27.3 Å². The SMILES string of the molecule is OC(c1csc(Br)c1)c1ccc(F)c2ccccc12. The van der Waals surface area contributed by atoms with Gasteiger partial charge in [-0.2, -0.15) is 0 Å². The lowest BCUT2D eigenvalue weighted by atomic mass is 9.97. The van der Waals surface area contributed by atoms with Crippen molar-refractivity contribution in [3.8, 4) is 0 Å². The topological polar surface area (TPSA) is 20.2 Å². The highest BCUT2D eigenvalue weighted by Crippen LogP contribution is 2.33. The summed E-state index contributed by atoms with van der Waals surface area (Å²) in [7, 11) is 0. The van der Waals surface area contributed by atoms with Crippen LogP contribution in [0.4, 0.5) is 4.39 Å². The van der Waals surface area contributed by atoms with Crippen LogP contribution in [0.1, 0.15) is 17.2 Å². The van der Waals surface area contributed by atoms with Gasteiger partial charge in [0.2, 0.25) is 0 Å². The Hall–Kier alpha value is -1.23. The number of benzene rings is 2. The van der Waals surface area contributed by atoms with Gasteiger partial charge in [-0.3, -0.25) is 0 Å². The van der Waals surface area contributed by atoms with Gasteiger partial charge in [-0.25, -0.2) is 4.39 Å². The number of hydrogen-bond acceptors (Lipinski definition) is 2. The van der Waals surface area contributed by atoms with Crippen molar-refractivity contribution in [3.63, 3.8) is 0 Å². The fraction of sp³-hybridized carbons (Fsp3) is 0.0667. The zero-order valence-corrected chi connectivity index (χ0v) is 12.2. The first kappa shape index (κ1) is 12.8. The Labute approximate surface area is 122 Å². The summed E-state index contributed by atoms with van der Waals surface area (Å²) in [6.07, 6.45) is -0.743. The molecule has 2 aromatic carbocycles. The van der Waals surface area contributed by atoms with E-state index in [0.29, 0.717) is 5.39 Å². The summed E-state index contributed by atoms with van der Waals surface area (Å²) in [5.41, 5.74) is 1.54. The molecule has 0 fully saturated rings. The van der Waals surface area contributed by atoms with Crippen molar-refractivity contribution in [1.82, 2.24) is 0 Å². The second kappa shape index (κ2) is 5.04. The van der Waals surface area contributed by atoms with Gasteiger partial charge in [0.05, 0.1) is 3.79 Å². The van der Waals surface area contributed by atoms with E-state index in [0.717, 1.165) is 20.3 Å². The van der Waals surface area contributed by atoms with E-state index in [1.807, 2.05) is 23.6 Å². The van der Waals surface area contributed by atoms with Crippen molar-refractivity contribution in [3.05, 3.63) is 68.6 Å². The van der Waals surface area contributed by atoms with Crippen LogP contribution in [0.3, 0.4) is 0 Å². The molecule has 0 aliphatic rings. The van der Waals surface area contributed by atoms with Crippen molar-refractivity contribution in [1.29, 1.82) is 0 Å². The number of halogens is 2. The van der Waals surface area contributed by atoms with Crippen LogP contribution < -0.4 is 0 Å². The van der Waals surface area contributed by atoms with Gasteiger partial charge in [-0.15, -0.1) is 11.3 Å². The average Bonchev–Trinajstić information content (AvgIpc) is 2.86. The molecule has 0 saturated heterocycles. The quantitative estimate of drug-likeness (QED) is 0.706. The minimum atomic E-state index is -0.743. The molecule has 1 aromatic heterocycles. The third kappa shape index (κ3) is 2.31. The first-order valence-electron chi connectivity index (χ1n) is 5.76. The van der Waals surface area contributed by atoms with E-state index < -0.39 is 6.10 Å². The summed E-state index contributed by atoms with van der Waals surface area (Å²) in [6.45, 7) is 0. The smallest absolute Gasteiger partial charge is 0.131 e. The highest BCUT2D eigenvalue weighted by atomic mass is 79.9. The molecular weight excluding hydrogens is 327 g/mol. The molecule has 3 aromatic rings. The van der Waals surface area contributed by atoms with Gasteiger partial charge >= 0.3 is 0 Å². The largest absolute Gasteiger partial charge is 0.384 e. The number of fused-ring (bicyclic) bond motifs is 1. The molecule has 3 rings (SSSR count). The standard InChI is InChI=1S/C15H10BrFOS/c16-14-7-9(8-19-14)15(18)12-5-6-13(17)11-4-2-1-3-10(11)12/h1-8,15,18H. The molecule has 0 aliphatic heterocycles. The Morgan fingerprint density at radius 3 is 2.53 bits per heavy atom. The summed E-state index contributed by atoms with van der Waals surface area (Å²) in [6, 6.07) is 12.1. The van der Waals surface area contributed by atoms with E-state index in [4.69, 9.17) is 0 Å². The van der Waals surface area contributed by atoms with Crippen molar-refractivity contribution in [2.45, 2.75) is 6.10 Å². The molecule has 96 valence electrons.